The number of piperazine rings is 1. The van der Waals surface area contributed by atoms with Crippen molar-refractivity contribution in [2.45, 2.75) is 38.0 Å². The van der Waals surface area contributed by atoms with Gasteiger partial charge in [-0.05, 0) is 51.0 Å². The molecule has 0 aromatic heterocycles. The number of carbonyl (C=O) groups excluding carboxylic acids is 1. The van der Waals surface area contributed by atoms with Crippen LogP contribution in [-0.2, 0) is 24.8 Å². The van der Waals surface area contributed by atoms with E-state index in [0.29, 0.717) is 32.5 Å². The van der Waals surface area contributed by atoms with Crippen molar-refractivity contribution in [2.24, 2.45) is 5.92 Å². The van der Waals surface area contributed by atoms with Crippen LogP contribution in [-0.4, -0.2) is 88.2 Å². The lowest BCUT2D eigenvalue weighted by Gasteiger charge is -2.40. The number of hydrogen-bond donors (Lipinski definition) is 1. The van der Waals surface area contributed by atoms with Gasteiger partial charge in [-0.2, -0.15) is 4.31 Å². The Bertz CT molecular complexity index is 1040. The van der Waals surface area contributed by atoms with Gasteiger partial charge in [0.1, 0.15) is 17.6 Å². The Hall–Kier alpha value is -1.64. The molecule has 0 saturated carbocycles. The van der Waals surface area contributed by atoms with Gasteiger partial charge in [0.15, 0.2) is 0 Å². The average Bonchev–Trinajstić information content (AvgIpc) is 2.82. The van der Waals surface area contributed by atoms with Crippen molar-refractivity contribution in [1.29, 1.82) is 0 Å². The van der Waals surface area contributed by atoms with E-state index in [2.05, 4.69) is 0 Å². The molecule has 1 N–H and O–H groups in total. The molecule has 192 valence electrons. The summed E-state index contributed by atoms with van der Waals surface area (Å²) in [7, 11) is -7.42. The maximum Gasteiger partial charge on any atom is 0.300 e. The van der Waals surface area contributed by atoms with Gasteiger partial charge in [0, 0.05) is 50.9 Å². The van der Waals surface area contributed by atoms with Crippen LogP contribution in [0.15, 0.2) is 24.3 Å². The number of piperidine rings is 1. The fourth-order valence-corrected chi connectivity index (χ4v) is 7.78. The first kappa shape index (κ1) is 27.0. The van der Waals surface area contributed by atoms with Crippen molar-refractivity contribution in [3.05, 3.63) is 35.3 Å². The second-order valence-corrected chi connectivity index (χ2v) is 13.6. The molecule has 2 heterocycles. The summed E-state index contributed by atoms with van der Waals surface area (Å²) < 4.78 is 67.4. The molecule has 1 aromatic rings. The van der Waals surface area contributed by atoms with Gasteiger partial charge in [0.25, 0.3) is 6.41 Å². The first-order valence-corrected chi connectivity index (χ1v) is 14.5. The number of benzene rings is 1. The third-order valence-electron chi connectivity index (χ3n) is 6.64. The molecule has 0 spiro atoms. The maximum atomic E-state index is 13.2. The summed E-state index contributed by atoms with van der Waals surface area (Å²) in [4.78, 5) is 13.3. The standard InChI is InChI=1S/C21H33FN4O6S2/c1-17(2)34(31,32)25-9-3-4-18(14-25)21(26(28)16-27)15-33(29,30)24-12-10-23(11-13-24)20-7-5-19(22)6-8-20/h5-8,16-18,21,26H,3-4,9-15H2,1-2H3. The molecule has 2 aliphatic rings. The molecular weight excluding hydrogens is 487 g/mol. The molecule has 2 fully saturated rings. The van der Waals surface area contributed by atoms with Crippen LogP contribution in [0, 0.1) is 16.9 Å². The molecule has 3 atom stereocenters. The van der Waals surface area contributed by atoms with Gasteiger partial charge in [-0.15, -0.1) is 0 Å². The predicted octanol–water partition coefficient (Wildman–Crippen LogP) is -0.365. The number of rotatable bonds is 9. The van der Waals surface area contributed by atoms with E-state index in [1.807, 2.05) is 4.90 Å². The Morgan fingerprint density at radius 2 is 1.68 bits per heavy atom. The number of sulfonamides is 2. The number of nitrogens with zero attached hydrogens (tertiary/aromatic N) is 3. The molecule has 2 aliphatic heterocycles. The number of halogens is 1. The highest BCUT2D eigenvalue weighted by Gasteiger charge is 2.40. The summed E-state index contributed by atoms with van der Waals surface area (Å²) in [5, 5.41) is 11.0. The van der Waals surface area contributed by atoms with Crippen molar-refractivity contribution < 1.29 is 31.1 Å². The van der Waals surface area contributed by atoms with Gasteiger partial charge in [-0.1, -0.05) is 0 Å². The third kappa shape index (κ3) is 6.13. The molecule has 3 unspecified atom stereocenters. The van der Waals surface area contributed by atoms with Crippen LogP contribution >= 0.6 is 0 Å². The lowest BCUT2D eigenvalue weighted by atomic mass is 9.92. The van der Waals surface area contributed by atoms with Crippen LogP contribution in [0.1, 0.15) is 26.7 Å². The lowest BCUT2D eigenvalue weighted by Crippen LogP contribution is -3.12. The van der Waals surface area contributed by atoms with Gasteiger partial charge < -0.3 is 15.2 Å². The Labute approximate surface area is 201 Å². The fraction of sp³-hybridized carbons (Fsp3) is 0.667. The van der Waals surface area contributed by atoms with Crippen LogP contribution in [0.4, 0.5) is 10.1 Å². The second-order valence-electron chi connectivity index (χ2n) is 9.12. The van der Waals surface area contributed by atoms with E-state index in [1.54, 1.807) is 26.0 Å². The minimum absolute atomic E-state index is 0.0264. The smallest absolute Gasteiger partial charge is 0.300 e. The molecular formula is C21H33FN4O6S2. The summed E-state index contributed by atoms with van der Waals surface area (Å²) in [6.45, 7) is 4.68. The molecule has 2 saturated heterocycles. The molecule has 34 heavy (non-hydrogen) atoms. The van der Waals surface area contributed by atoms with E-state index < -0.39 is 48.1 Å². The summed E-state index contributed by atoms with van der Waals surface area (Å²) in [5.41, 5.74) is 0.793. The zero-order chi connectivity index (χ0) is 25.1. The molecule has 3 rings (SSSR count). The van der Waals surface area contributed by atoms with E-state index in [9.17, 15) is 31.2 Å². The normalized spacial score (nSPS) is 23.1. The third-order valence-corrected chi connectivity index (χ3v) is 10.8. The zero-order valence-electron chi connectivity index (χ0n) is 19.5. The van der Waals surface area contributed by atoms with Crippen molar-refractivity contribution in [3.8, 4) is 0 Å². The summed E-state index contributed by atoms with van der Waals surface area (Å²) in [6.07, 6.45) is 1.11. The van der Waals surface area contributed by atoms with Crippen LogP contribution < -0.4 is 9.96 Å². The van der Waals surface area contributed by atoms with Crippen molar-refractivity contribution in [2.75, 3.05) is 49.9 Å². The number of amides is 1. The lowest BCUT2D eigenvalue weighted by molar-refractivity contribution is -0.787. The Morgan fingerprint density at radius 1 is 1.06 bits per heavy atom. The molecule has 0 bridgehead atoms. The monoisotopic (exact) mass is 520 g/mol. The first-order valence-electron chi connectivity index (χ1n) is 11.4. The second kappa shape index (κ2) is 11.0. The highest BCUT2D eigenvalue weighted by atomic mass is 32.2. The van der Waals surface area contributed by atoms with Crippen molar-refractivity contribution in [3.63, 3.8) is 0 Å². The van der Waals surface area contributed by atoms with Gasteiger partial charge >= 0.3 is 0 Å². The summed E-state index contributed by atoms with van der Waals surface area (Å²) >= 11 is 0. The summed E-state index contributed by atoms with van der Waals surface area (Å²) in [5.74, 6) is -1.42. The van der Waals surface area contributed by atoms with Crippen LogP contribution in [0.5, 0.6) is 0 Å². The van der Waals surface area contributed by atoms with Crippen LogP contribution in [0.25, 0.3) is 0 Å². The van der Waals surface area contributed by atoms with Gasteiger partial charge in [0.05, 0.1) is 5.25 Å². The topological polar surface area (TPSA) is 123 Å². The number of hydroxylamine groups is 2. The Balaban J connectivity index is 1.69. The largest absolute Gasteiger partial charge is 0.627 e. The van der Waals surface area contributed by atoms with Crippen molar-refractivity contribution >= 4 is 32.1 Å². The number of hydrogen-bond acceptors (Lipinski definition) is 7. The minimum Gasteiger partial charge on any atom is -0.627 e. The SMILES string of the molecule is CC(C)S(=O)(=O)N1CCCC(C(CS(=O)(=O)N2CCN(c3ccc(F)cc3)CC2)[NH+]([O-])C=O)C1. The van der Waals surface area contributed by atoms with E-state index in [1.165, 1.54) is 20.7 Å². The van der Waals surface area contributed by atoms with Crippen LogP contribution in [0.2, 0.25) is 0 Å². The molecule has 0 radical (unpaired) electrons. The van der Waals surface area contributed by atoms with E-state index in [-0.39, 0.29) is 31.9 Å². The van der Waals surface area contributed by atoms with Gasteiger partial charge in [-0.3, -0.25) is 0 Å². The zero-order valence-corrected chi connectivity index (χ0v) is 21.1. The number of carbonyl (C=O) groups is 1. The molecule has 0 aliphatic carbocycles. The van der Waals surface area contributed by atoms with Gasteiger partial charge in [-0.25, -0.2) is 30.3 Å². The molecule has 13 heteroatoms. The molecule has 1 amide bonds. The quantitative estimate of drug-likeness (QED) is 0.348. The Morgan fingerprint density at radius 3 is 2.24 bits per heavy atom. The van der Waals surface area contributed by atoms with Gasteiger partial charge in [0.2, 0.25) is 20.0 Å². The molecule has 1 aromatic carbocycles. The highest BCUT2D eigenvalue weighted by molar-refractivity contribution is 7.89. The fourth-order valence-electron chi connectivity index (χ4n) is 4.58. The number of anilines is 1. The van der Waals surface area contributed by atoms with Crippen molar-refractivity contribution in [1.82, 2.24) is 8.61 Å². The first-order chi connectivity index (χ1) is 16.0. The van der Waals surface area contributed by atoms with E-state index in [4.69, 9.17) is 0 Å². The number of quaternary nitrogens is 1. The molecule has 10 nitrogen and oxygen atoms in total. The number of nitrogens with one attached hydrogen (secondary N) is 1. The van der Waals surface area contributed by atoms with E-state index >= 15 is 0 Å². The maximum absolute atomic E-state index is 13.2. The average molecular weight is 521 g/mol. The summed E-state index contributed by atoms with van der Waals surface area (Å²) in [6, 6.07) is 4.88. The predicted molar refractivity (Wildman–Crippen MR) is 127 cm³/mol. The van der Waals surface area contributed by atoms with Crippen LogP contribution in [0.3, 0.4) is 0 Å². The minimum atomic E-state index is -3.87. The Kier molecular flexibility index (Phi) is 8.69. The highest BCUT2D eigenvalue weighted by Crippen LogP contribution is 2.25. The van der Waals surface area contributed by atoms with E-state index in [0.717, 1.165) is 5.69 Å².